The second-order valence-corrected chi connectivity index (χ2v) is 5.97. The fourth-order valence-corrected chi connectivity index (χ4v) is 2.89. The van der Waals surface area contributed by atoms with Crippen molar-refractivity contribution in [3.63, 3.8) is 0 Å². The standard InChI is InChI=1S/C16H24FN3O/c1-11(13-5-4-8-20(3)10-13)18-16-9-14(19-12(2)21)6-7-15(16)17/h6-7,9,11,13,18H,4-5,8,10H2,1-3H3,(H,19,21). The molecular weight excluding hydrogens is 269 g/mol. The van der Waals surface area contributed by atoms with Crippen molar-refractivity contribution < 1.29 is 9.18 Å². The third-order valence-corrected chi connectivity index (χ3v) is 4.04. The SMILES string of the molecule is CC(=O)Nc1ccc(F)c(NC(C)C2CCCN(C)C2)c1. The van der Waals surface area contributed by atoms with Gasteiger partial charge in [0.05, 0.1) is 5.69 Å². The van der Waals surface area contributed by atoms with Gasteiger partial charge in [0.25, 0.3) is 0 Å². The monoisotopic (exact) mass is 293 g/mol. The fraction of sp³-hybridized carbons (Fsp3) is 0.562. The molecule has 1 fully saturated rings. The average Bonchev–Trinajstić information content (AvgIpc) is 2.42. The van der Waals surface area contributed by atoms with Gasteiger partial charge in [-0.05, 0) is 57.5 Å². The second-order valence-electron chi connectivity index (χ2n) is 5.97. The van der Waals surface area contributed by atoms with Gasteiger partial charge in [-0.25, -0.2) is 4.39 Å². The van der Waals surface area contributed by atoms with Gasteiger partial charge in [0.15, 0.2) is 0 Å². The van der Waals surface area contributed by atoms with Crippen LogP contribution in [0.4, 0.5) is 15.8 Å². The highest BCUT2D eigenvalue weighted by Gasteiger charge is 2.23. The van der Waals surface area contributed by atoms with Crippen LogP contribution in [0.5, 0.6) is 0 Å². The molecule has 1 aromatic rings. The van der Waals surface area contributed by atoms with Crippen molar-refractivity contribution in [2.45, 2.75) is 32.7 Å². The minimum absolute atomic E-state index is 0.158. The zero-order valence-corrected chi connectivity index (χ0v) is 12.9. The summed E-state index contributed by atoms with van der Waals surface area (Å²) in [6.45, 7) is 5.70. The molecule has 2 N–H and O–H groups in total. The molecule has 1 aliphatic rings. The first kappa shape index (κ1) is 15.8. The Morgan fingerprint density at radius 3 is 2.90 bits per heavy atom. The van der Waals surface area contributed by atoms with E-state index in [1.165, 1.54) is 19.4 Å². The van der Waals surface area contributed by atoms with Gasteiger partial charge in [0, 0.05) is 25.2 Å². The van der Waals surface area contributed by atoms with Crippen molar-refractivity contribution in [3.8, 4) is 0 Å². The number of amides is 1. The summed E-state index contributed by atoms with van der Waals surface area (Å²) in [6, 6.07) is 4.79. The van der Waals surface area contributed by atoms with E-state index in [1.54, 1.807) is 12.1 Å². The smallest absolute Gasteiger partial charge is 0.221 e. The van der Waals surface area contributed by atoms with Gasteiger partial charge in [0.2, 0.25) is 5.91 Å². The molecule has 0 radical (unpaired) electrons. The fourth-order valence-electron chi connectivity index (χ4n) is 2.89. The van der Waals surface area contributed by atoms with Crippen LogP contribution in [0.25, 0.3) is 0 Å². The van der Waals surface area contributed by atoms with Crippen LogP contribution >= 0.6 is 0 Å². The third kappa shape index (κ3) is 4.43. The molecule has 1 amide bonds. The number of likely N-dealkylation sites (tertiary alicyclic amines) is 1. The largest absolute Gasteiger partial charge is 0.380 e. The molecule has 1 aromatic carbocycles. The van der Waals surface area contributed by atoms with Crippen molar-refractivity contribution in [1.82, 2.24) is 4.90 Å². The maximum atomic E-state index is 13.9. The van der Waals surface area contributed by atoms with Gasteiger partial charge in [-0.3, -0.25) is 4.79 Å². The van der Waals surface area contributed by atoms with Crippen LogP contribution in [-0.4, -0.2) is 37.0 Å². The molecular formula is C16H24FN3O. The lowest BCUT2D eigenvalue weighted by molar-refractivity contribution is -0.114. The van der Waals surface area contributed by atoms with Crippen LogP contribution in [0.2, 0.25) is 0 Å². The molecule has 1 heterocycles. The Morgan fingerprint density at radius 1 is 1.48 bits per heavy atom. The van der Waals surface area contributed by atoms with Gasteiger partial charge in [0.1, 0.15) is 5.82 Å². The van der Waals surface area contributed by atoms with Gasteiger partial charge >= 0.3 is 0 Å². The molecule has 0 aliphatic carbocycles. The normalized spacial score (nSPS) is 20.9. The second kappa shape index (κ2) is 6.89. The van der Waals surface area contributed by atoms with Crippen LogP contribution < -0.4 is 10.6 Å². The Balaban J connectivity index is 2.05. The minimum atomic E-state index is -0.292. The molecule has 0 bridgehead atoms. The molecule has 5 heteroatoms. The van der Waals surface area contributed by atoms with E-state index in [0.29, 0.717) is 17.3 Å². The van der Waals surface area contributed by atoms with Crippen LogP contribution in [0, 0.1) is 11.7 Å². The summed E-state index contributed by atoms with van der Waals surface area (Å²) in [5.41, 5.74) is 1.06. The number of piperidine rings is 1. The van der Waals surface area contributed by atoms with E-state index >= 15 is 0 Å². The van der Waals surface area contributed by atoms with Crippen molar-refractivity contribution in [2.24, 2.45) is 5.92 Å². The lowest BCUT2D eigenvalue weighted by Crippen LogP contribution is -2.40. The number of carbonyl (C=O) groups excluding carboxylic acids is 1. The van der Waals surface area contributed by atoms with Crippen molar-refractivity contribution in [3.05, 3.63) is 24.0 Å². The average molecular weight is 293 g/mol. The summed E-state index contributed by atoms with van der Waals surface area (Å²) >= 11 is 0. The molecule has 1 saturated heterocycles. The first-order valence-corrected chi connectivity index (χ1v) is 7.48. The highest BCUT2D eigenvalue weighted by atomic mass is 19.1. The topological polar surface area (TPSA) is 44.4 Å². The number of benzene rings is 1. The molecule has 0 aromatic heterocycles. The molecule has 1 aliphatic heterocycles. The van der Waals surface area contributed by atoms with Gasteiger partial charge in [-0.1, -0.05) is 0 Å². The van der Waals surface area contributed by atoms with Gasteiger partial charge in [-0.15, -0.1) is 0 Å². The highest BCUT2D eigenvalue weighted by molar-refractivity contribution is 5.89. The zero-order valence-electron chi connectivity index (χ0n) is 12.9. The van der Waals surface area contributed by atoms with E-state index in [-0.39, 0.29) is 17.8 Å². The van der Waals surface area contributed by atoms with Gasteiger partial charge in [-0.2, -0.15) is 0 Å². The van der Waals surface area contributed by atoms with Crippen molar-refractivity contribution in [1.29, 1.82) is 0 Å². The minimum Gasteiger partial charge on any atom is -0.380 e. The van der Waals surface area contributed by atoms with Crippen molar-refractivity contribution in [2.75, 3.05) is 30.8 Å². The van der Waals surface area contributed by atoms with E-state index in [1.807, 2.05) is 0 Å². The summed E-state index contributed by atoms with van der Waals surface area (Å²) in [5, 5.41) is 5.94. The molecule has 0 spiro atoms. The number of nitrogens with zero attached hydrogens (tertiary/aromatic N) is 1. The van der Waals surface area contributed by atoms with Crippen LogP contribution in [0.3, 0.4) is 0 Å². The molecule has 2 atom stereocenters. The molecule has 21 heavy (non-hydrogen) atoms. The first-order chi connectivity index (χ1) is 9.95. The number of nitrogens with one attached hydrogen (secondary N) is 2. The molecule has 4 nitrogen and oxygen atoms in total. The maximum Gasteiger partial charge on any atom is 0.221 e. The molecule has 0 saturated carbocycles. The maximum absolute atomic E-state index is 13.9. The van der Waals surface area contributed by atoms with Crippen molar-refractivity contribution >= 4 is 17.3 Å². The Hall–Kier alpha value is -1.62. The predicted octanol–water partition coefficient (Wildman–Crippen LogP) is 2.93. The van der Waals surface area contributed by atoms with E-state index in [0.717, 1.165) is 19.5 Å². The highest BCUT2D eigenvalue weighted by Crippen LogP contribution is 2.25. The van der Waals surface area contributed by atoms with E-state index in [4.69, 9.17) is 0 Å². The molecule has 2 unspecified atom stereocenters. The lowest BCUT2D eigenvalue weighted by Gasteiger charge is -2.34. The predicted molar refractivity (Wildman–Crippen MR) is 84.0 cm³/mol. The Kier molecular flexibility index (Phi) is 5.17. The number of rotatable bonds is 4. The van der Waals surface area contributed by atoms with Gasteiger partial charge < -0.3 is 15.5 Å². The zero-order chi connectivity index (χ0) is 15.4. The van der Waals surface area contributed by atoms with Crippen LogP contribution in [0.1, 0.15) is 26.7 Å². The van der Waals surface area contributed by atoms with Crippen LogP contribution in [0.15, 0.2) is 18.2 Å². The van der Waals surface area contributed by atoms with E-state index in [9.17, 15) is 9.18 Å². The first-order valence-electron chi connectivity index (χ1n) is 7.48. The quantitative estimate of drug-likeness (QED) is 0.897. The molecule has 116 valence electrons. The summed E-state index contributed by atoms with van der Waals surface area (Å²) in [5.74, 6) is 0.0576. The molecule has 2 rings (SSSR count). The summed E-state index contributed by atoms with van der Waals surface area (Å²) in [4.78, 5) is 13.4. The Morgan fingerprint density at radius 2 is 2.24 bits per heavy atom. The number of hydrogen-bond acceptors (Lipinski definition) is 3. The summed E-state index contributed by atoms with van der Waals surface area (Å²) in [7, 11) is 2.12. The Bertz CT molecular complexity index is 506. The number of halogens is 1. The third-order valence-electron chi connectivity index (χ3n) is 4.04. The lowest BCUT2D eigenvalue weighted by atomic mass is 9.91. The number of carbonyl (C=O) groups is 1. The van der Waals surface area contributed by atoms with E-state index in [2.05, 4.69) is 29.5 Å². The van der Waals surface area contributed by atoms with Crippen LogP contribution in [-0.2, 0) is 4.79 Å². The van der Waals surface area contributed by atoms with E-state index < -0.39 is 0 Å². The number of anilines is 2. The number of hydrogen-bond donors (Lipinski definition) is 2. The summed E-state index contributed by atoms with van der Waals surface area (Å²) in [6.07, 6.45) is 2.34. The Labute approximate surface area is 125 Å². The summed E-state index contributed by atoms with van der Waals surface area (Å²) < 4.78 is 13.9.